The normalized spacial score (nSPS) is 11.2. The minimum Gasteiger partial charge on any atom is -0.253 e. The average molecular weight is 1360 g/mol. The second-order valence-electron chi connectivity index (χ2n) is 22.0. The van der Waals surface area contributed by atoms with Gasteiger partial charge in [-0.3, -0.25) is 19.9 Å². The van der Waals surface area contributed by atoms with Gasteiger partial charge >= 0.3 is 0 Å². The van der Waals surface area contributed by atoms with E-state index in [0.717, 1.165) is 100 Å². The number of aryl methyl sites for hydroxylation is 14. The molecule has 16 aromatic rings. The van der Waals surface area contributed by atoms with Crippen LogP contribution in [0.5, 0.6) is 0 Å². The average Bonchev–Trinajstić information content (AvgIpc) is 1.67. The molecule has 17 rings (SSSR count). The zero-order valence-electron chi connectivity index (χ0n) is 53.5. The van der Waals surface area contributed by atoms with Crippen LogP contribution < -0.4 is 0 Å². The zero-order valence-corrected chi connectivity index (χ0v) is 60.0. The predicted molar refractivity (Wildman–Crippen MR) is 399 cm³/mol. The van der Waals surface area contributed by atoms with Crippen LogP contribution in [0.4, 0.5) is 11.4 Å². The molecule has 0 saturated carbocycles. The van der Waals surface area contributed by atoms with E-state index in [1.807, 2.05) is 84.3 Å². The number of benzene rings is 6. The van der Waals surface area contributed by atoms with E-state index >= 15 is 0 Å². The molecular formula is C72H66N12S8. The second kappa shape index (κ2) is 29.2. The molecule has 0 atom stereocenters. The maximum absolute atomic E-state index is 4.99. The second-order valence-corrected chi connectivity index (χ2v) is 30.2. The topological polar surface area (TPSA) is 154 Å². The van der Waals surface area contributed by atoms with E-state index in [1.165, 1.54) is 117 Å². The van der Waals surface area contributed by atoms with E-state index in [-0.39, 0.29) is 0 Å². The summed E-state index contributed by atoms with van der Waals surface area (Å²) in [5, 5.41) is 6.44. The summed E-state index contributed by atoms with van der Waals surface area (Å²) in [6.45, 7) is 29.4. The predicted octanol–water partition coefficient (Wildman–Crippen LogP) is 22.6. The first-order valence-electron chi connectivity index (χ1n) is 29.6. The van der Waals surface area contributed by atoms with E-state index in [0.29, 0.717) is 0 Å². The van der Waals surface area contributed by atoms with Crippen molar-refractivity contribution in [3.05, 3.63) is 218 Å². The van der Waals surface area contributed by atoms with Gasteiger partial charge in [-0.15, -0.1) is 56.7 Å². The number of hydrogen-bond donors (Lipinski definition) is 0. The third kappa shape index (κ3) is 14.1. The van der Waals surface area contributed by atoms with Crippen LogP contribution >= 0.6 is 80.1 Å². The minimum atomic E-state index is 0.949. The molecule has 0 bridgehead atoms. The summed E-state index contributed by atoms with van der Waals surface area (Å²) < 4.78 is 27.0. The van der Waals surface area contributed by atoms with E-state index in [4.69, 9.17) is 9.97 Å². The zero-order chi connectivity index (χ0) is 64.7. The fourth-order valence-corrected chi connectivity index (χ4v) is 17.7. The van der Waals surface area contributed by atoms with Gasteiger partial charge in [0.25, 0.3) is 0 Å². The van der Waals surface area contributed by atoms with Gasteiger partial charge in [0.2, 0.25) is 0 Å². The van der Waals surface area contributed by atoms with Crippen molar-refractivity contribution in [3.63, 3.8) is 0 Å². The molecule has 0 spiro atoms. The molecular weight excluding hydrogens is 1290 g/mol. The molecule has 6 aromatic carbocycles. The molecule has 11 heterocycles. The Morgan fingerprint density at radius 2 is 0.641 bits per heavy atom. The van der Waals surface area contributed by atoms with Gasteiger partial charge in [-0.1, -0.05) is 109 Å². The Morgan fingerprint density at radius 1 is 0.293 bits per heavy atom. The smallest absolute Gasteiger partial charge is 0.110 e. The largest absolute Gasteiger partial charge is 0.253 e. The SMILES string of the molecule is Cc1c2c(c(C)c3nsnc13)N=S=N2.Cc1ccc(C)c2nccnc12.Cc1ccc(C)c2nsnc12.Cc1sc(C)c2ccccc12.Cc1sc(C)c2nc(-c3ccccc3)c(-c3ccccc3)nc12.Cc1sc(C)c2nccnc12.Cc1sc(C)c2sccc12. The number of fused-ring (bicyclic) bond motifs is 8. The van der Waals surface area contributed by atoms with E-state index < -0.39 is 0 Å². The molecule has 0 radical (unpaired) electrons. The lowest BCUT2D eigenvalue weighted by Crippen LogP contribution is -1.95. The van der Waals surface area contributed by atoms with Gasteiger partial charge in [0.15, 0.2) is 0 Å². The first-order chi connectivity index (χ1) is 44.5. The van der Waals surface area contributed by atoms with Gasteiger partial charge < -0.3 is 0 Å². The van der Waals surface area contributed by atoms with Crippen LogP contribution in [-0.4, -0.2) is 47.4 Å². The van der Waals surface area contributed by atoms with E-state index in [1.54, 1.807) is 47.5 Å². The highest BCUT2D eigenvalue weighted by molar-refractivity contribution is 7.58. The highest BCUT2D eigenvalue weighted by Crippen LogP contribution is 2.43. The number of thiophene rings is 5. The molecule has 0 unspecified atom stereocenters. The third-order valence-corrected chi connectivity index (χ3v) is 22.4. The van der Waals surface area contributed by atoms with Crippen molar-refractivity contribution in [2.75, 3.05) is 0 Å². The van der Waals surface area contributed by atoms with Crippen LogP contribution in [0.1, 0.15) is 72.4 Å². The minimum absolute atomic E-state index is 0.949. The summed E-state index contributed by atoms with van der Waals surface area (Å²) in [6.07, 6.45) is 6.94. The molecule has 0 aliphatic carbocycles. The Kier molecular flexibility index (Phi) is 20.7. The Morgan fingerprint density at radius 3 is 1.07 bits per heavy atom. The fourth-order valence-electron chi connectivity index (χ4n) is 10.7. The van der Waals surface area contributed by atoms with Crippen molar-refractivity contribution in [1.82, 2.24) is 47.4 Å². The summed E-state index contributed by atoms with van der Waals surface area (Å²) >= 11 is 12.9. The number of nitrogens with zero attached hydrogens (tertiary/aromatic N) is 12. The van der Waals surface area contributed by atoms with Crippen molar-refractivity contribution < 1.29 is 0 Å². The van der Waals surface area contributed by atoms with Gasteiger partial charge in [-0.2, -0.15) is 26.2 Å². The molecule has 92 heavy (non-hydrogen) atoms. The Bertz CT molecular complexity index is 4970. The summed E-state index contributed by atoms with van der Waals surface area (Å²) in [5.74, 6) is 0. The standard InChI is InChI=1S/C20H16N2S.C10H10N2.C10H10S.C8H6N4S2.2C8H8N2S.C8H8S2/c1-13-17-18(14(2)23-13)22-20(16-11-7-4-8-12-16)19(21-17)15-9-5-3-6-10-15;1-7-3-4-8(2)10-9(7)11-5-6-12-10;1-7-9-5-3-4-6-10(9)8(2)11-7;1-3-5-7(11-13-9-5)4(2)8-6(3)10-14-12-8;1-5-7-8(6(2)11-5)10-4-3-9-7;1-5-3-4-6(2)8-7(5)9-11-10-8;1-5-7-3-4-9-8(7)6(2)10-5/h3-12H,1-2H3;3-6H,1-2H3;3-6H,1-2H3;1-2H3;2*3-4H,1-2H3;3-4H,1-2H3. The van der Waals surface area contributed by atoms with Gasteiger partial charge in [0.05, 0.1) is 57.2 Å². The van der Waals surface area contributed by atoms with Crippen LogP contribution in [0.2, 0.25) is 0 Å². The lowest BCUT2D eigenvalue weighted by molar-refractivity contribution is 1.25. The fraction of sp³-hybridized carbons (Fsp3) is 0.194. The number of aromatic nitrogens is 10. The Balaban J connectivity index is 0.000000112. The van der Waals surface area contributed by atoms with Crippen molar-refractivity contribution in [2.45, 2.75) is 96.9 Å². The number of rotatable bonds is 2. The van der Waals surface area contributed by atoms with E-state index in [9.17, 15) is 0 Å². The van der Waals surface area contributed by atoms with E-state index in [2.05, 4.69) is 213 Å². The van der Waals surface area contributed by atoms with Gasteiger partial charge in [-0.05, 0) is 141 Å². The highest BCUT2D eigenvalue weighted by Gasteiger charge is 2.20. The summed E-state index contributed by atoms with van der Waals surface area (Å²) in [5.41, 5.74) is 23.2. The van der Waals surface area contributed by atoms with Crippen LogP contribution in [0, 0.1) is 96.9 Å². The van der Waals surface area contributed by atoms with Crippen molar-refractivity contribution in [1.29, 1.82) is 0 Å². The van der Waals surface area contributed by atoms with Crippen molar-refractivity contribution in [2.24, 2.45) is 8.73 Å². The maximum Gasteiger partial charge on any atom is 0.110 e. The molecule has 0 fully saturated rings. The lowest BCUT2D eigenvalue weighted by Gasteiger charge is -2.09. The molecule has 462 valence electrons. The van der Waals surface area contributed by atoms with Gasteiger partial charge in [0, 0.05) is 96.1 Å². The highest BCUT2D eigenvalue weighted by atomic mass is 32.1. The Hall–Kier alpha value is -8.18. The molecule has 12 nitrogen and oxygen atoms in total. The molecule has 0 saturated heterocycles. The maximum atomic E-state index is 4.99. The number of hydrogen-bond acceptors (Lipinski definition) is 19. The molecule has 0 amide bonds. The quantitative estimate of drug-likeness (QED) is 0.163. The van der Waals surface area contributed by atoms with Crippen LogP contribution in [0.3, 0.4) is 0 Å². The molecule has 0 N–H and O–H groups in total. The molecule has 20 heteroatoms. The van der Waals surface area contributed by atoms with Crippen LogP contribution in [0.25, 0.3) is 98.5 Å². The lowest BCUT2D eigenvalue weighted by atomic mass is 10.0. The van der Waals surface area contributed by atoms with Crippen LogP contribution in [0.15, 0.2) is 154 Å². The third-order valence-electron chi connectivity index (χ3n) is 15.5. The first kappa shape index (κ1) is 65.3. The van der Waals surface area contributed by atoms with Crippen LogP contribution in [-0.2, 0) is 11.4 Å². The van der Waals surface area contributed by atoms with Gasteiger partial charge in [0.1, 0.15) is 55.5 Å². The summed E-state index contributed by atoms with van der Waals surface area (Å²) in [6, 6.07) is 39.7. The van der Waals surface area contributed by atoms with Gasteiger partial charge in [-0.25, -0.2) is 9.97 Å². The Labute approximate surface area is 567 Å². The molecule has 1 aliphatic rings. The van der Waals surface area contributed by atoms with Crippen molar-refractivity contribution in [3.8, 4) is 22.5 Å². The first-order valence-corrected chi connectivity index (χ1v) is 35.9. The summed E-state index contributed by atoms with van der Waals surface area (Å²) in [7, 11) is 0. The summed E-state index contributed by atoms with van der Waals surface area (Å²) in [4.78, 5) is 37.8. The van der Waals surface area contributed by atoms with Crippen molar-refractivity contribution >= 4 is 179 Å². The molecule has 10 aromatic heterocycles. The molecule has 1 aliphatic heterocycles. The monoisotopic (exact) mass is 1350 g/mol.